The Labute approximate surface area is 152 Å². The molecule has 0 saturated heterocycles. The predicted molar refractivity (Wildman–Crippen MR) is 102 cm³/mol. The van der Waals surface area contributed by atoms with Crippen molar-refractivity contribution in [3.8, 4) is 0 Å². The van der Waals surface area contributed by atoms with Crippen molar-refractivity contribution in [1.29, 1.82) is 0 Å². The number of amides is 2. The largest absolute Gasteiger partial charge is 0.339 e. The van der Waals surface area contributed by atoms with Crippen molar-refractivity contribution >= 4 is 29.3 Å². The fraction of sp³-hybridized carbons (Fsp3) is 0.300. The van der Waals surface area contributed by atoms with Gasteiger partial charge in [0.1, 0.15) is 0 Å². The molecule has 0 aliphatic carbocycles. The zero-order valence-corrected chi connectivity index (χ0v) is 15.3. The van der Waals surface area contributed by atoms with E-state index in [1.54, 1.807) is 40.9 Å². The van der Waals surface area contributed by atoms with Crippen molar-refractivity contribution < 1.29 is 9.59 Å². The smallest absolute Gasteiger partial charge is 0.253 e. The van der Waals surface area contributed by atoms with Gasteiger partial charge in [0.25, 0.3) is 5.91 Å². The van der Waals surface area contributed by atoms with Crippen molar-refractivity contribution in [2.75, 3.05) is 18.4 Å². The molecule has 1 heterocycles. The lowest BCUT2D eigenvalue weighted by Crippen LogP contribution is -2.30. The van der Waals surface area contributed by atoms with Crippen LogP contribution < -0.4 is 5.32 Å². The number of hydrogen-bond donors (Lipinski definition) is 1. The number of nitrogens with zero attached hydrogens (tertiary/aromatic N) is 1. The van der Waals surface area contributed by atoms with Crippen LogP contribution in [0.15, 0.2) is 53.4 Å². The van der Waals surface area contributed by atoms with Gasteiger partial charge in [0, 0.05) is 29.2 Å². The SMILES string of the molecule is CCN(CC)C(=O)c1ccc(NC(=O)[C@H]2Cc3ccccc3S2)cc1. The van der Waals surface area contributed by atoms with E-state index in [9.17, 15) is 9.59 Å². The lowest BCUT2D eigenvalue weighted by molar-refractivity contribution is -0.115. The average molecular weight is 354 g/mol. The predicted octanol–water partition coefficient (Wildman–Crippen LogP) is 3.82. The molecule has 0 bridgehead atoms. The van der Waals surface area contributed by atoms with Crippen molar-refractivity contribution in [1.82, 2.24) is 4.90 Å². The minimum absolute atomic E-state index is 0.00372. The number of fused-ring (bicyclic) bond motifs is 1. The number of thioether (sulfide) groups is 1. The van der Waals surface area contributed by atoms with Crippen molar-refractivity contribution in [3.05, 3.63) is 59.7 Å². The second-order valence-electron chi connectivity index (χ2n) is 5.96. The first-order chi connectivity index (χ1) is 12.1. The minimum atomic E-state index is -0.102. The van der Waals surface area contributed by atoms with Gasteiger partial charge in [-0.05, 0) is 56.2 Å². The highest BCUT2D eigenvalue weighted by Crippen LogP contribution is 2.37. The third-order valence-electron chi connectivity index (χ3n) is 4.39. The van der Waals surface area contributed by atoms with E-state index in [1.165, 1.54) is 10.5 Å². The van der Waals surface area contributed by atoms with E-state index in [4.69, 9.17) is 0 Å². The fourth-order valence-electron chi connectivity index (χ4n) is 2.94. The zero-order valence-electron chi connectivity index (χ0n) is 14.5. The van der Waals surface area contributed by atoms with Crippen molar-refractivity contribution in [3.63, 3.8) is 0 Å². The molecule has 1 aliphatic rings. The number of anilines is 1. The van der Waals surface area contributed by atoms with Crippen LogP contribution >= 0.6 is 11.8 Å². The summed E-state index contributed by atoms with van der Waals surface area (Å²) < 4.78 is 0. The molecule has 0 saturated carbocycles. The average Bonchev–Trinajstić information content (AvgIpc) is 3.07. The van der Waals surface area contributed by atoms with Crippen LogP contribution in [0.3, 0.4) is 0 Å². The molecule has 130 valence electrons. The second kappa shape index (κ2) is 7.74. The fourth-order valence-corrected chi connectivity index (χ4v) is 4.14. The molecular weight excluding hydrogens is 332 g/mol. The van der Waals surface area contributed by atoms with Gasteiger partial charge in [-0.25, -0.2) is 0 Å². The number of nitrogens with one attached hydrogen (secondary N) is 1. The van der Waals surface area contributed by atoms with Gasteiger partial charge in [-0.3, -0.25) is 9.59 Å². The molecule has 5 heteroatoms. The topological polar surface area (TPSA) is 49.4 Å². The molecule has 0 aromatic heterocycles. The first-order valence-corrected chi connectivity index (χ1v) is 9.45. The van der Waals surface area contributed by atoms with E-state index < -0.39 is 0 Å². The van der Waals surface area contributed by atoms with Crippen LogP contribution in [0.1, 0.15) is 29.8 Å². The number of carbonyl (C=O) groups is 2. The van der Waals surface area contributed by atoms with E-state index in [0.717, 1.165) is 12.1 Å². The number of carbonyl (C=O) groups excluding carboxylic acids is 2. The van der Waals surface area contributed by atoms with Crippen LogP contribution in [-0.2, 0) is 11.2 Å². The van der Waals surface area contributed by atoms with Crippen molar-refractivity contribution in [2.45, 2.75) is 30.4 Å². The lowest BCUT2D eigenvalue weighted by atomic mass is 10.1. The van der Waals surface area contributed by atoms with Gasteiger partial charge in [-0.1, -0.05) is 18.2 Å². The number of rotatable bonds is 5. The van der Waals surface area contributed by atoms with E-state index in [-0.39, 0.29) is 17.1 Å². The minimum Gasteiger partial charge on any atom is -0.339 e. The standard InChI is InChI=1S/C20H22N2O2S/c1-3-22(4-2)20(24)14-9-11-16(12-10-14)21-19(23)18-13-15-7-5-6-8-17(15)25-18/h5-12,18H,3-4,13H2,1-2H3,(H,21,23)/t18-/m1/s1. The molecule has 1 atom stereocenters. The van der Waals surface area contributed by atoms with Gasteiger partial charge in [-0.2, -0.15) is 0 Å². The van der Waals surface area contributed by atoms with Crippen LogP contribution in [0.5, 0.6) is 0 Å². The Morgan fingerprint density at radius 1 is 1.08 bits per heavy atom. The summed E-state index contributed by atoms with van der Waals surface area (Å²) in [6, 6.07) is 15.3. The van der Waals surface area contributed by atoms with Gasteiger partial charge in [0.2, 0.25) is 5.91 Å². The maximum absolute atomic E-state index is 12.5. The molecule has 25 heavy (non-hydrogen) atoms. The van der Waals surface area contributed by atoms with Crippen LogP contribution in [0.25, 0.3) is 0 Å². The maximum atomic E-state index is 12.5. The van der Waals surface area contributed by atoms with Crippen LogP contribution in [0, 0.1) is 0 Å². The summed E-state index contributed by atoms with van der Waals surface area (Å²) in [5.41, 5.74) is 2.59. The number of hydrogen-bond acceptors (Lipinski definition) is 3. The van der Waals surface area contributed by atoms with E-state index in [1.807, 2.05) is 26.0 Å². The Balaban J connectivity index is 1.62. The Hall–Kier alpha value is -2.27. The highest BCUT2D eigenvalue weighted by molar-refractivity contribution is 8.01. The van der Waals surface area contributed by atoms with Gasteiger partial charge < -0.3 is 10.2 Å². The monoisotopic (exact) mass is 354 g/mol. The summed E-state index contributed by atoms with van der Waals surface area (Å²) >= 11 is 1.61. The maximum Gasteiger partial charge on any atom is 0.253 e. The quantitative estimate of drug-likeness (QED) is 0.888. The van der Waals surface area contributed by atoms with Crippen LogP contribution in [0.4, 0.5) is 5.69 Å². The second-order valence-corrected chi connectivity index (χ2v) is 7.21. The first kappa shape index (κ1) is 17.5. The van der Waals surface area contributed by atoms with Crippen LogP contribution in [-0.4, -0.2) is 35.1 Å². The Kier molecular flexibility index (Phi) is 5.43. The highest BCUT2D eigenvalue weighted by Gasteiger charge is 2.28. The summed E-state index contributed by atoms with van der Waals surface area (Å²) in [5.74, 6) is 0.0219. The molecule has 0 fully saturated rings. The summed E-state index contributed by atoms with van der Waals surface area (Å²) in [7, 11) is 0. The van der Waals surface area contributed by atoms with Gasteiger partial charge in [0.15, 0.2) is 0 Å². The highest BCUT2D eigenvalue weighted by atomic mass is 32.2. The first-order valence-electron chi connectivity index (χ1n) is 8.57. The molecule has 4 nitrogen and oxygen atoms in total. The summed E-state index contributed by atoms with van der Waals surface area (Å²) in [5, 5.41) is 2.85. The Morgan fingerprint density at radius 2 is 1.76 bits per heavy atom. The number of benzene rings is 2. The normalized spacial score (nSPS) is 15.5. The molecule has 0 radical (unpaired) electrons. The van der Waals surface area contributed by atoms with E-state index in [0.29, 0.717) is 18.7 Å². The van der Waals surface area contributed by atoms with Crippen LogP contribution in [0.2, 0.25) is 0 Å². The summed E-state index contributed by atoms with van der Waals surface area (Å²) in [4.78, 5) is 27.8. The van der Waals surface area contributed by atoms with E-state index >= 15 is 0 Å². The summed E-state index contributed by atoms with van der Waals surface area (Å²) in [6.45, 7) is 5.31. The Morgan fingerprint density at radius 3 is 2.40 bits per heavy atom. The molecule has 1 N–H and O–H groups in total. The molecule has 0 unspecified atom stereocenters. The molecule has 3 rings (SSSR count). The van der Waals surface area contributed by atoms with E-state index in [2.05, 4.69) is 17.4 Å². The van der Waals surface area contributed by atoms with Gasteiger partial charge >= 0.3 is 0 Å². The Bertz CT molecular complexity index is 745. The molecule has 0 spiro atoms. The van der Waals surface area contributed by atoms with Gasteiger partial charge in [0.05, 0.1) is 5.25 Å². The third-order valence-corrected chi connectivity index (χ3v) is 5.71. The van der Waals surface area contributed by atoms with Crippen molar-refractivity contribution in [2.24, 2.45) is 0 Å². The summed E-state index contributed by atoms with van der Waals surface area (Å²) in [6.07, 6.45) is 0.755. The molecule has 2 aromatic rings. The molecule has 1 aliphatic heterocycles. The third kappa shape index (κ3) is 3.87. The zero-order chi connectivity index (χ0) is 17.8. The lowest BCUT2D eigenvalue weighted by Gasteiger charge is -2.18. The van der Waals surface area contributed by atoms with Gasteiger partial charge in [-0.15, -0.1) is 11.8 Å². The molecule has 2 amide bonds. The molecule has 2 aromatic carbocycles. The molecular formula is C20H22N2O2S.